The lowest BCUT2D eigenvalue weighted by Crippen LogP contribution is -2.34. The van der Waals surface area contributed by atoms with Crippen molar-refractivity contribution in [3.63, 3.8) is 0 Å². The van der Waals surface area contributed by atoms with Crippen molar-refractivity contribution in [1.82, 2.24) is 25.4 Å². The first-order valence-corrected chi connectivity index (χ1v) is 13.5. The molecular formula is C28H28BrN7O2. The second kappa shape index (κ2) is 11.0. The van der Waals surface area contributed by atoms with Gasteiger partial charge in [-0.2, -0.15) is 0 Å². The number of rotatable bonds is 6. The van der Waals surface area contributed by atoms with Crippen LogP contribution >= 0.6 is 15.9 Å². The van der Waals surface area contributed by atoms with Crippen LogP contribution in [0.25, 0.3) is 33.4 Å². The zero-order chi connectivity index (χ0) is 25.9. The molecule has 0 aliphatic carbocycles. The van der Waals surface area contributed by atoms with Gasteiger partial charge in [-0.25, -0.2) is 24.8 Å². The molecule has 1 fully saturated rings. The molecule has 3 aromatic heterocycles. The molecule has 9 nitrogen and oxygen atoms in total. The van der Waals surface area contributed by atoms with Crippen LogP contribution in [-0.4, -0.2) is 45.9 Å². The Morgan fingerprint density at radius 2 is 2.03 bits per heavy atom. The highest BCUT2D eigenvalue weighted by atomic mass is 79.9. The van der Waals surface area contributed by atoms with Gasteiger partial charge in [0.1, 0.15) is 18.0 Å². The van der Waals surface area contributed by atoms with Gasteiger partial charge < -0.3 is 15.4 Å². The molecule has 10 heteroatoms. The van der Waals surface area contributed by atoms with E-state index in [4.69, 9.17) is 25.3 Å². The van der Waals surface area contributed by atoms with Gasteiger partial charge >= 0.3 is 0 Å². The third kappa shape index (κ3) is 5.33. The van der Waals surface area contributed by atoms with Crippen LogP contribution in [-0.2, 0) is 9.57 Å². The average molecular weight is 574 g/mol. The summed E-state index contributed by atoms with van der Waals surface area (Å²) in [5.41, 5.74) is 14.6. The number of hydrogen-bond acceptors (Lipinski definition) is 9. The molecular weight excluding hydrogens is 546 g/mol. The van der Waals surface area contributed by atoms with Crippen LogP contribution in [0.5, 0.6) is 0 Å². The molecule has 1 unspecified atom stereocenters. The van der Waals surface area contributed by atoms with Crippen LogP contribution in [0, 0.1) is 0 Å². The molecule has 0 amide bonds. The van der Waals surface area contributed by atoms with Gasteiger partial charge in [-0.15, -0.1) is 0 Å². The van der Waals surface area contributed by atoms with Gasteiger partial charge in [0.15, 0.2) is 11.9 Å². The largest absolute Gasteiger partial charge is 0.383 e. The number of nitrogens with two attached hydrogens (primary N) is 1. The van der Waals surface area contributed by atoms with E-state index in [2.05, 4.69) is 42.4 Å². The topological polar surface area (TPSA) is 111 Å². The van der Waals surface area contributed by atoms with Gasteiger partial charge in [-0.3, -0.25) is 5.48 Å². The number of ether oxygens (including phenoxy) is 1. The molecule has 3 N–H and O–H groups in total. The Balaban J connectivity index is 1.21. The molecule has 0 spiro atoms. The van der Waals surface area contributed by atoms with E-state index < -0.39 is 0 Å². The maximum absolute atomic E-state index is 6.25. The molecule has 4 aromatic rings. The van der Waals surface area contributed by atoms with Crippen molar-refractivity contribution in [3.05, 3.63) is 71.2 Å². The van der Waals surface area contributed by atoms with E-state index in [0.29, 0.717) is 11.5 Å². The van der Waals surface area contributed by atoms with Gasteiger partial charge in [0, 0.05) is 54.5 Å². The molecule has 2 aliphatic rings. The van der Waals surface area contributed by atoms with E-state index in [1.54, 1.807) is 0 Å². The van der Waals surface area contributed by atoms with Crippen molar-refractivity contribution in [2.24, 2.45) is 0 Å². The van der Waals surface area contributed by atoms with Gasteiger partial charge in [-0.1, -0.05) is 28.1 Å². The SMILES string of the molecule is Nc1ncnc2nc(-c3ccc(N4CC=C(NOC5CCCCO5)CC4)nc3)cc(-c3cccc(Br)c3)c12. The van der Waals surface area contributed by atoms with Crippen LogP contribution in [0.15, 0.2) is 71.2 Å². The summed E-state index contributed by atoms with van der Waals surface area (Å²) in [6, 6.07) is 14.2. The minimum atomic E-state index is -0.160. The average Bonchev–Trinajstić information content (AvgIpc) is 2.97. The minimum absolute atomic E-state index is 0.160. The summed E-state index contributed by atoms with van der Waals surface area (Å²) in [6.07, 6.45) is 9.31. The normalized spacial score (nSPS) is 17.9. The van der Waals surface area contributed by atoms with Crippen LogP contribution in [0.4, 0.5) is 11.6 Å². The highest BCUT2D eigenvalue weighted by molar-refractivity contribution is 9.10. The summed E-state index contributed by atoms with van der Waals surface area (Å²) < 4.78 is 6.60. The Morgan fingerprint density at radius 1 is 1.08 bits per heavy atom. The number of halogens is 1. The molecule has 38 heavy (non-hydrogen) atoms. The van der Waals surface area contributed by atoms with E-state index in [0.717, 1.165) is 89.1 Å². The smallest absolute Gasteiger partial charge is 0.183 e. The second-order valence-electron chi connectivity index (χ2n) is 9.37. The molecule has 1 atom stereocenters. The molecule has 1 saturated heterocycles. The van der Waals surface area contributed by atoms with Crippen LogP contribution in [0.1, 0.15) is 25.7 Å². The molecule has 2 aliphatic heterocycles. The zero-order valence-electron chi connectivity index (χ0n) is 20.8. The Kier molecular flexibility index (Phi) is 7.17. The second-order valence-corrected chi connectivity index (χ2v) is 10.3. The molecule has 5 heterocycles. The van der Waals surface area contributed by atoms with E-state index in [1.807, 2.05) is 48.7 Å². The third-order valence-corrected chi connectivity index (χ3v) is 7.30. The molecule has 1 aromatic carbocycles. The number of hydrogen-bond donors (Lipinski definition) is 2. The van der Waals surface area contributed by atoms with Gasteiger partial charge in [0.05, 0.1) is 11.1 Å². The first kappa shape index (κ1) is 24.7. The first-order valence-electron chi connectivity index (χ1n) is 12.7. The van der Waals surface area contributed by atoms with Gasteiger partial charge in [0.2, 0.25) is 0 Å². The summed E-state index contributed by atoms with van der Waals surface area (Å²) >= 11 is 3.57. The highest BCUT2D eigenvalue weighted by Crippen LogP contribution is 2.34. The molecule has 0 saturated carbocycles. The van der Waals surface area contributed by atoms with E-state index in [9.17, 15) is 0 Å². The number of fused-ring (bicyclic) bond motifs is 1. The fraction of sp³-hybridized carbons (Fsp3) is 0.286. The van der Waals surface area contributed by atoms with Gasteiger partial charge in [0.25, 0.3) is 0 Å². The number of benzene rings is 1. The number of aromatic nitrogens is 4. The Hall–Kier alpha value is -3.60. The molecule has 6 rings (SSSR count). The van der Waals surface area contributed by atoms with Crippen LogP contribution in [0.2, 0.25) is 0 Å². The van der Waals surface area contributed by atoms with Crippen molar-refractivity contribution in [1.29, 1.82) is 0 Å². The lowest BCUT2D eigenvalue weighted by molar-refractivity contribution is -0.190. The predicted octanol–water partition coefficient (Wildman–Crippen LogP) is 5.24. The van der Waals surface area contributed by atoms with Crippen molar-refractivity contribution >= 4 is 38.6 Å². The number of nitrogens with one attached hydrogen (secondary N) is 1. The fourth-order valence-electron chi connectivity index (χ4n) is 4.76. The number of anilines is 2. The minimum Gasteiger partial charge on any atom is -0.383 e. The fourth-order valence-corrected chi connectivity index (χ4v) is 5.16. The number of nitrogen functional groups attached to an aromatic ring is 1. The summed E-state index contributed by atoms with van der Waals surface area (Å²) in [6.45, 7) is 2.36. The predicted molar refractivity (Wildman–Crippen MR) is 151 cm³/mol. The van der Waals surface area contributed by atoms with Crippen molar-refractivity contribution in [3.8, 4) is 22.4 Å². The zero-order valence-corrected chi connectivity index (χ0v) is 22.4. The third-order valence-electron chi connectivity index (χ3n) is 6.81. The molecule has 0 radical (unpaired) electrons. The number of pyridine rings is 2. The summed E-state index contributed by atoms with van der Waals surface area (Å²) in [5.74, 6) is 1.32. The summed E-state index contributed by atoms with van der Waals surface area (Å²) in [7, 11) is 0. The van der Waals surface area contributed by atoms with E-state index in [1.165, 1.54) is 6.33 Å². The summed E-state index contributed by atoms with van der Waals surface area (Å²) in [4.78, 5) is 26.1. The number of hydroxylamine groups is 1. The lowest BCUT2D eigenvalue weighted by atomic mass is 10.0. The maximum Gasteiger partial charge on any atom is 0.183 e. The lowest BCUT2D eigenvalue weighted by Gasteiger charge is -2.29. The first-order chi connectivity index (χ1) is 18.6. The van der Waals surface area contributed by atoms with E-state index >= 15 is 0 Å². The van der Waals surface area contributed by atoms with Crippen molar-refractivity contribution in [2.45, 2.75) is 32.0 Å². The standard InChI is InChI=1S/C28H28BrN7O2/c29-20-5-3-4-18(14-20)22-15-23(34-28-26(22)27(30)32-17-33-28)19-7-8-24(31-16-19)36-11-9-21(10-12-36)35-38-25-6-1-2-13-37-25/h3-5,7-9,14-17,25,35H,1-2,6,10-13H2,(H2,30,32,33,34). The Bertz CT molecular complexity index is 1470. The van der Waals surface area contributed by atoms with Crippen molar-refractivity contribution < 1.29 is 9.57 Å². The molecule has 194 valence electrons. The summed E-state index contributed by atoms with van der Waals surface area (Å²) in [5, 5.41) is 0.738. The molecule has 0 bridgehead atoms. The van der Waals surface area contributed by atoms with Crippen LogP contribution < -0.4 is 16.1 Å². The van der Waals surface area contributed by atoms with Gasteiger partial charge in [-0.05, 0) is 60.4 Å². The Labute approximate surface area is 229 Å². The maximum atomic E-state index is 6.25. The van der Waals surface area contributed by atoms with E-state index in [-0.39, 0.29) is 6.29 Å². The van der Waals surface area contributed by atoms with Crippen LogP contribution in [0.3, 0.4) is 0 Å². The van der Waals surface area contributed by atoms with Crippen molar-refractivity contribution in [2.75, 3.05) is 30.3 Å². The Morgan fingerprint density at radius 3 is 2.79 bits per heavy atom. The number of nitrogens with zero attached hydrogens (tertiary/aromatic N) is 5. The highest BCUT2D eigenvalue weighted by Gasteiger charge is 2.18. The quantitative estimate of drug-likeness (QED) is 0.299. The monoisotopic (exact) mass is 573 g/mol.